The van der Waals surface area contributed by atoms with Crippen molar-refractivity contribution < 1.29 is 9.53 Å². The van der Waals surface area contributed by atoms with Gasteiger partial charge in [0.25, 0.3) is 5.91 Å². The first-order valence-corrected chi connectivity index (χ1v) is 7.36. The van der Waals surface area contributed by atoms with Crippen LogP contribution in [-0.4, -0.2) is 37.1 Å². The number of benzene rings is 1. The molecule has 0 fully saturated rings. The van der Waals surface area contributed by atoms with Crippen molar-refractivity contribution >= 4 is 21.8 Å². The first-order chi connectivity index (χ1) is 8.99. The Morgan fingerprint density at radius 1 is 1.42 bits per heavy atom. The number of ether oxygens (including phenoxy) is 1. The number of hydrogen-bond acceptors (Lipinski definition) is 2. The zero-order valence-electron chi connectivity index (χ0n) is 12.1. The van der Waals surface area contributed by atoms with Crippen molar-refractivity contribution in [3.05, 3.63) is 33.8 Å². The minimum Gasteiger partial charge on any atom is -0.383 e. The van der Waals surface area contributed by atoms with Crippen LogP contribution in [0.2, 0.25) is 0 Å². The normalized spacial score (nSPS) is 12.3. The summed E-state index contributed by atoms with van der Waals surface area (Å²) in [5, 5.41) is 0. The SMILES string of the molecule is CCC(C)N(CCOC)C(=O)c1cc(C)cc(Br)c1. The predicted octanol–water partition coefficient (Wildman–Crippen LogP) is 3.64. The number of hydrogen-bond donors (Lipinski definition) is 0. The lowest BCUT2D eigenvalue weighted by Gasteiger charge is -2.28. The van der Waals surface area contributed by atoms with Crippen molar-refractivity contribution in [1.29, 1.82) is 0 Å². The second-order valence-corrected chi connectivity index (χ2v) is 5.68. The lowest BCUT2D eigenvalue weighted by molar-refractivity contribution is 0.0614. The summed E-state index contributed by atoms with van der Waals surface area (Å²) in [7, 11) is 1.66. The zero-order chi connectivity index (χ0) is 14.4. The third-order valence-corrected chi connectivity index (χ3v) is 3.67. The lowest BCUT2D eigenvalue weighted by atomic mass is 10.1. The topological polar surface area (TPSA) is 29.5 Å². The Kier molecular flexibility index (Phi) is 6.52. The van der Waals surface area contributed by atoms with Crippen LogP contribution in [-0.2, 0) is 4.74 Å². The maximum absolute atomic E-state index is 12.6. The number of aryl methyl sites for hydroxylation is 1. The van der Waals surface area contributed by atoms with Crippen LogP contribution in [0, 0.1) is 6.92 Å². The molecule has 1 unspecified atom stereocenters. The second kappa shape index (κ2) is 7.65. The quantitative estimate of drug-likeness (QED) is 0.798. The van der Waals surface area contributed by atoms with Crippen molar-refractivity contribution in [2.24, 2.45) is 0 Å². The predicted molar refractivity (Wildman–Crippen MR) is 81.5 cm³/mol. The Labute approximate surface area is 124 Å². The standard InChI is InChI=1S/C15H22BrNO2/c1-5-12(3)17(6-7-19-4)15(18)13-8-11(2)9-14(16)10-13/h8-10,12H,5-7H2,1-4H3. The van der Waals surface area contributed by atoms with E-state index in [1.165, 1.54) is 0 Å². The summed E-state index contributed by atoms with van der Waals surface area (Å²) in [6.07, 6.45) is 0.933. The van der Waals surface area contributed by atoms with E-state index < -0.39 is 0 Å². The largest absolute Gasteiger partial charge is 0.383 e. The van der Waals surface area contributed by atoms with Gasteiger partial charge in [-0.1, -0.05) is 22.9 Å². The molecule has 1 aromatic rings. The van der Waals surface area contributed by atoms with E-state index in [2.05, 4.69) is 29.8 Å². The van der Waals surface area contributed by atoms with Gasteiger partial charge < -0.3 is 9.64 Å². The van der Waals surface area contributed by atoms with E-state index in [0.717, 1.165) is 22.0 Å². The molecule has 0 saturated heterocycles. The highest BCUT2D eigenvalue weighted by molar-refractivity contribution is 9.10. The van der Waals surface area contributed by atoms with Gasteiger partial charge >= 0.3 is 0 Å². The summed E-state index contributed by atoms with van der Waals surface area (Å²) >= 11 is 3.44. The molecule has 0 heterocycles. The molecule has 0 bridgehead atoms. The van der Waals surface area contributed by atoms with Gasteiger partial charge in [0.05, 0.1) is 6.61 Å². The van der Waals surface area contributed by atoms with Crippen LogP contribution in [0.15, 0.2) is 22.7 Å². The number of amides is 1. The molecule has 0 aliphatic heterocycles. The number of nitrogens with zero attached hydrogens (tertiary/aromatic N) is 1. The molecule has 0 aliphatic rings. The highest BCUT2D eigenvalue weighted by Crippen LogP contribution is 2.18. The minimum atomic E-state index is 0.0656. The first-order valence-electron chi connectivity index (χ1n) is 6.56. The molecule has 0 radical (unpaired) electrons. The number of carbonyl (C=O) groups is 1. The molecule has 0 aliphatic carbocycles. The molecule has 1 aromatic carbocycles. The van der Waals surface area contributed by atoms with Crippen LogP contribution in [0.4, 0.5) is 0 Å². The average Bonchev–Trinajstić information content (AvgIpc) is 2.37. The third kappa shape index (κ3) is 4.62. The Balaban J connectivity index is 2.97. The molecule has 1 rings (SSSR count). The average molecular weight is 328 g/mol. The van der Waals surface area contributed by atoms with Crippen LogP contribution in [0.25, 0.3) is 0 Å². The van der Waals surface area contributed by atoms with Gasteiger partial charge in [-0.2, -0.15) is 0 Å². The Bertz CT molecular complexity index is 414. The molecule has 3 nitrogen and oxygen atoms in total. The van der Waals surface area contributed by atoms with E-state index in [0.29, 0.717) is 13.2 Å². The van der Waals surface area contributed by atoms with Gasteiger partial charge in [0.1, 0.15) is 0 Å². The van der Waals surface area contributed by atoms with Gasteiger partial charge in [0.2, 0.25) is 0 Å². The Hall–Kier alpha value is -0.870. The fourth-order valence-corrected chi connectivity index (χ4v) is 2.57. The summed E-state index contributed by atoms with van der Waals surface area (Å²) in [4.78, 5) is 14.5. The van der Waals surface area contributed by atoms with E-state index in [9.17, 15) is 4.79 Å². The van der Waals surface area contributed by atoms with Crippen molar-refractivity contribution in [3.8, 4) is 0 Å². The van der Waals surface area contributed by atoms with Crippen LogP contribution >= 0.6 is 15.9 Å². The van der Waals surface area contributed by atoms with Crippen LogP contribution in [0.5, 0.6) is 0 Å². The van der Waals surface area contributed by atoms with Crippen LogP contribution in [0.1, 0.15) is 36.2 Å². The van der Waals surface area contributed by atoms with Gasteiger partial charge in [0, 0.05) is 29.7 Å². The summed E-state index contributed by atoms with van der Waals surface area (Å²) in [6, 6.07) is 6.01. The summed E-state index contributed by atoms with van der Waals surface area (Å²) in [5.74, 6) is 0.0656. The molecule has 106 valence electrons. The molecule has 4 heteroatoms. The lowest BCUT2D eigenvalue weighted by Crippen LogP contribution is -2.40. The number of carbonyl (C=O) groups excluding carboxylic acids is 1. The molecule has 1 atom stereocenters. The smallest absolute Gasteiger partial charge is 0.254 e. The maximum Gasteiger partial charge on any atom is 0.254 e. The molecular weight excluding hydrogens is 306 g/mol. The molecule has 19 heavy (non-hydrogen) atoms. The van der Waals surface area contributed by atoms with E-state index in [1.807, 2.05) is 30.0 Å². The molecule has 0 saturated carbocycles. The zero-order valence-corrected chi connectivity index (χ0v) is 13.7. The van der Waals surface area contributed by atoms with Crippen molar-refractivity contribution in [2.45, 2.75) is 33.2 Å². The van der Waals surface area contributed by atoms with E-state index >= 15 is 0 Å². The number of halogens is 1. The monoisotopic (exact) mass is 327 g/mol. The Morgan fingerprint density at radius 2 is 2.11 bits per heavy atom. The van der Waals surface area contributed by atoms with Crippen molar-refractivity contribution in [2.75, 3.05) is 20.3 Å². The second-order valence-electron chi connectivity index (χ2n) is 4.77. The molecular formula is C15H22BrNO2. The summed E-state index contributed by atoms with van der Waals surface area (Å²) < 4.78 is 6.03. The van der Waals surface area contributed by atoms with E-state index in [4.69, 9.17) is 4.74 Å². The van der Waals surface area contributed by atoms with Crippen LogP contribution in [0.3, 0.4) is 0 Å². The first kappa shape index (κ1) is 16.2. The minimum absolute atomic E-state index is 0.0656. The fraction of sp³-hybridized carbons (Fsp3) is 0.533. The maximum atomic E-state index is 12.6. The van der Waals surface area contributed by atoms with E-state index in [1.54, 1.807) is 7.11 Å². The fourth-order valence-electron chi connectivity index (χ4n) is 1.96. The summed E-state index contributed by atoms with van der Waals surface area (Å²) in [6.45, 7) is 7.32. The molecule has 0 aromatic heterocycles. The molecule has 0 spiro atoms. The molecule has 1 amide bonds. The third-order valence-electron chi connectivity index (χ3n) is 3.21. The van der Waals surface area contributed by atoms with Crippen molar-refractivity contribution in [3.63, 3.8) is 0 Å². The highest BCUT2D eigenvalue weighted by atomic mass is 79.9. The summed E-state index contributed by atoms with van der Waals surface area (Å²) in [5.41, 5.74) is 1.80. The Morgan fingerprint density at radius 3 is 2.63 bits per heavy atom. The molecule has 0 N–H and O–H groups in total. The highest BCUT2D eigenvalue weighted by Gasteiger charge is 2.20. The van der Waals surface area contributed by atoms with E-state index in [-0.39, 0.29) is 11.9 Å². The van der Waals surface area contributed by atoms with Gasteiger partial charge in [-0.25, -0.2) is 0 Å². The van der Waals surface area contributed by atoms with Crippen LogP contribution < -0.4 is 0 Å². The van der Waals surface area contributed by atoms with Crippen molar-refractivity contribution in [1.82, 2.24) is 4.90 Å². The van der Waals surface area contributed by atoms with Gasteiger partial charge in [-0.3, -0.25) is 4.79 Å². The van der Waals surface area contributed by atoms with Gasteiger partial charge in [0.15, 0.2) is 0 Å². The van der Waals surface area contributed by atoms with Gasteiger partial charge in [-0.15, -0.1) is 0 Å². The number of methoxy groups -OCH3 is 1. The number of rotatable bonds is 6. The van der Waals surface area contributed by atoms with Gasteiger partial charge in [-0.05, 0) is 44.0 Å².